The highest BCUT2D eigenvalue weighted by molar-refractivity contribution is 7.02. The Morgan fingerprint density at radius 3 is 1.00 bits per heavy atom. The molecule has 1 saturated heterocycles. The fraction of sp³-hybridized carbons (Fsp3) is 1.00. The van der Waals surface area contributed by atoms with Gasteiger partial charge in [-0.05, 0) is 0 Å². The lowest BCUT2D eigenvalue weighted by atomic mass is 11.8. The molecule has 1 rings (SSSR count). The highest BCUT2D eigenvalue weighted by atomic mass is 28.5. The van der Waals surface area contributed by atoms with Crippen LogP contribution in [-0.2, 0) is 0 Å². The first-order chi connectivity index (χ1) is 3.41. The lowest BCUT2D eigenvalue weighted by molar-refractivity contribution is 0.522. The Hall–Kier alpha value is 0.154. The van der Waals surface area contributed by atoms with Gasteiger partial charge in [0.25, 0.3) is 0 Å². The third kappa shape index (κ3) is 1.11. The third-order valence-corrected chi connectivity index (χ3v) is 9.31. The first kappa shape index (κ1) is 6.28. The molecule has 8 heavy (non-hydrogen) atoms. The smallest absolute Gasteiger partial charge is 0.271 e. The van der Waals surface area contributed by atoms with Crippen LogP contribution in [0.2, 0.25) is 11.3 Å². The first-order valence-electron chi connectivity index (χ1n) is 2.17. The zero-order valence-corrected chi connectivity index (χ0v) is 5.93. The second-order valence-electron chi connectivity index (χ2n) is 2.07. The van der Waals surface area contributed by atoms with Gasteiger partial charge in [-0.2, -0.15) is 0 Å². The molecule has 0 atom stereocenters. The van der Waals surface area contributed by atoms with Crippen molar-refractivity contribution >= 4 is 17.5 Å². The van der Waals surface area contributed by atoms with E-state index in [0.717, 1.165) is 0 Å². The fourth-order valence-electron chi connectivity index (χ4n) is 0.705. The van der Waals surface area contributed by atoms with E-state index in [4.69, 9.17) is 0 Å². The number of halogens is 4. The minimum atomic E-state index is -4.27. The summed E-state index contributed by atoms with van der Waals surface area (Å²) in [6.45, 7) is 0. The molecule has 48 valence electrons. The van der Waals surface area contributed by atoms with E-state index < -0.39 is 28.8 Å². The molecular weight excluding hydrogens is 156 g/mol. The molecule has 6 heteroatoms. The van der Waals surface area contributed by atoms with E-state index in [9.17, 15) is 16.4 Å². The predicted molar refractivity (Wildman–Crippen MR) is 25.6 cm³/mol. The van der Waals surface area contributed by atoms with E-state index in [-0.39, 0.29) is 0 Å². The van der Waals surface area contributed by atoms with Crippen LogP contribution < -0.4 is 0 Å². The molecule has 1 heterocycles. The number of hydrogen-bond donors (Lipinski definition) is 0. The summed E-state index contributed by atoms with van der Waals surface area (Å²) in [5.41, 5.74) is -1.97. The largest absolute Gasteiger partial charge is 0.430 e. The maximum atomic E-state index is 11.7. The second-order valence-corrected chi connectivity index (χ2v) is 8.32. The van der Waals surface area contributed by atoms with Crippen LogP contribution in [0.3, 0.4) is 0 Å². The third-order valence-electron chi connectivity index (χ3n) is 1.03. The van der Waals surface area contributed by atoms with Gasteiger partial charge < -0.3 is 0 Å². The van der Waals surface area contributed by atoms with Crippen LogP contribution in [0.4, 0.5) is 16.4 Å². The maximum absolute atomic E-state index is 11.7. The lowest BCUT2D eigenvalue weighted by Gasteiger charge is -2.28. The van der Waals surface area contributed by atoms with E-state index >= 15 is 0 Å². The molecule has 0 amide bonds. The van der Waals surface area contributed by atoms with Crippen molar-refractivity contribution < 1.29 is 16.4 Å². The van der Waals surface area contributed by atoms with Crippen molar-refractivity contribution in [3.63, 3.8) is 0 Å². The number of hydrogen-bond acceptors (Lipinski definition) is 0. The molecule has 0 spiro atoms. The average molecular weight is 160 g/mol. The van der Waals surface area contributed by atoms with Gasteiger partial charge in [0, 0.05) is 0 Å². The van der Waals surface area contributed by atoms with E-state index in [1.165, 1.54) is 0 Å². The van der Waals surface area contributed by atoms with Crippen LogP contribution in [0, 0.1) is 0 Å². The number of rotatable bonds is 0. The van der Waals surface area contributed by atoms with Crippen LogP contribution >= 0.6 is 0 Å². The Balaban J connectivity index is 2.42. The van der Waals surface area contributed by atoms with Crippen molar-refractivity contribution in [3.8, 4) is 0 Å². The minimum Gasteiger partial charge on any atom is -0.271 e. The molecule has 0 aromatic heterocycles. The van der Waals surface area contributed by atoms with Gasteiger partial charge in [-0.1, -0.05) is 0 Å². The normalized spacial score (nSPS) is 31.5. The topological polar surface area (TPSA) is 0 Å². The quantitative estimate of drug-likeness (QED) is 0.288. The van der Waals surface area contributed by atoms with Crippen molar-refractivity contribution in [3.05, 3.63) is 0 Å². The maximum Gasteiger partial charge on any atom is 0.430 e. The Kier molecular flexibility index (Phi) is 1.06. The average Bonchev–Trinajstić information content (AvgIpc) is 1.20. The molecule has 0 nitrogen and oxygen atoms in total. The van der Waals surface area contributed by atoms with Crippen molar-refractivity contribution in [2.24, 2.45) is 0 Å². The molecule has 1 fully saturated rings. The van der Waals surface area contributed by atoms with E-state index in [0.29, 0.717) is 0 Å². The van der Waals surface area contributed by atoms with Gasteiger partial charge in [0.05, 0.1) is 11.3 Å². The summed E-state index contributed by atoms with van der Waals surface area (Å²) in [7, 11) is -8.55. The molecule has 0 saturated carbocycles. The van der Waals surface area contributed by atoms with Gasteiger partial charge in [-0.25, -0.2) is 0 Å². The molecular formula is C2H4F4Si2. The van der Waals surface area contributed by atoms with E-state index in [2.05, 4.69) is 0 Å². The van der Waals surface area contributed by atoms with Crippen LogP contribution in [-0.4, -0.2) is 17.5 Å². The predicted octanol–water partition coefficient (Wildman–Crippen LogP) is 1.84. The zero-order valence-electron chi connectivity index (χ0n) is 3.93. The van der Waals surface area contributed by atoms with Gasteiger partial charge in [0.15, 0.2) is 0 Å². The Morgan fingerprint density at radius 1 is 0.750 bits per heavy atom. The molecule has 0 aliphatic carbocycles. The van der Waals surface area contributed by atoms with Gasteiger partial charge in [0.1, 0.15) is 0 Å². The highest BCUT2D eigenvalue weighted by Crippen LogP contribution is 2.43. The monoisotopic (exact) mass is 160 g/mol. The summed E-state index contributed by atoms with van der Waals surface area (Å²) in [5.74, 6) is 0. The van der Waals surface area contributed by atoms with Crippen LogP contribution in [0.1, 0.15) is 0 Å². The van der Waals surface area contributed by atoms with Crippen molar-refractivity contribution in [2.75, 3.05) is 0 Å². The first-order valence-corrected chi connectivity index (χ1v) is 6.51. The zero-order chi connectivity index (χ0) is 6.41. The standard InChI is InChI=1S/C2H4F4Si2/c3-7(4)1-8(5,6)2-7/h1-2H2. The Morgan fingerprint density at radius 2 is 1.00 bits per heavy atom. The minimum absolute atomic E-state index is 0.986. The van der Waals surface area contributed by atoms with Crippen molar-refractivity contribution in [1.29, 1.82) is 0 Å². The van der Waals surface area contributed by atoms with Crippen molar-refractivity contribution in [1.82, 2.24) is 0 Å². The summed E-state index contributed by atoms with van der Waals surface area (Å²) >= 11 is 0. The summed E-state index contributed by atoms with van der Waals surface area (Å²) in [5, 5.41) is 0. The molecule has 0 radical (unpaired) electrons. The molecule has 1 aliphatic rings. The van der Waals surface area contributed by atoms with Crippen LogP contribution in [0.15, 0.2) is 0 Å². The summed E-state index contributed by atoms with van der Waals surface area (Å²) < 4.78 is 46.9. The van der Waals surface area contributed by atoms with Crippen LogP contribution in [0.5, 0.6) is 0 Å². The Labute approximate surface area is 46.2 Å². The molecule has 0 aromatic rings. The second kappa shape index (κ2) is 1.35. The molecule has 1 aliphatic heterocycles. The molecule has 0 N–H and O–H groups in total. The van der Waals surface area contributed by atoms with Gasteiger partial charge >= 0.3 is 17.5 Å². The van der Waals surface area contributed by atoms with Gasteiger partial charge in [0.2, 0.25) is 0 Å². The molecule has 0 unspecified atom stereocenters. The van der Waals surface area contributed by atoms with Crippen molar-refractivity contribution in [2.45, 2.75) is 11.3 Å². The van der Waals surface area contributed by atoms with Gasteiger partial charge in [-0.3, -0.25) is 16.4 Å². The molecule has 0 bridgehead atoms. The summed E-state index contributed by atoms with van der Waals surface area (Å²) in [4.78, 5) is 0. The van der Waals surface area contributed by atoms with E-state index in [1.807, 2.05) is 0 Å². The highest BCUT2D eigenvalue weighted by Gasteiger charge is 2.65. The lowest BCUT2D eigenvalue weighted by Crippen LogP contribution is -2.52. The summed E-state index contributed by atoms with van der Waals surface area (Å²) in [6, 6.07) is 0. The fourth-order valence-corrected chi connectivity index (χ4v) is 6.34. The Bertz CT molecular complexity index is 88.6. The van der Waals surface area contributed by atoms with Crippen LogP contribution in [0.25, 0.3) is 0 Å². The van der Waals surface area contributed by atoms with Gasteiger partial charge in [-0.15, -0.1) is 0 Å². The summed E-state index contributed by atoms with van der Waals surface area (Å²) in [6.07, 6.45) is 0. The SMILES string of the molecule is F[Si]1(F)C[Si](F)(F)C1. The molecule has 0 aromatic carbocycles. The van der Waals surface area contributed by atoms with E-state index in [1.54, 1.807) is 0 Å².